The first kappa shape index (κ1) is 27.7. The number of azide groups is 1. The molecule has 0 spiro atoms. The van der Waals surface area contributed by atoms with E-state index < -0.39 is 34.4 Å². The molecule has 0 amide bonds. The fourth-order valence-electron chi connectivity index (χ4n) is 7.60. The Morgan fingerprint density at radius 2 is 2.08 bits per heavy atom. The second kappa shape index (κ2) is 10.4. The molecule has 4 rings (SSSR count). The second-order valence-electron chi connectivity index (χ2n) is 11.8. The number of aldehydes is 1. The van der Waals surface area contributed by atoms with Crippen molar-refractivity contribution in [3.8, 4) is 0 Å². The van der Waals surface area contributed by atoms with Crippen molar-refractivity contribution in [1.29, 1.82) is 0 Å². The molecule has 1 aromatic rings. The molecule has 3 fully saturated rings. The van der Waals surface area contributed by atoms with Crippen LogP contribution < -0.4 is 0 Å². The van der Waals surface area contributed by atoms with E-state index in [0.717, 1.165) is 29.6 Å². The Balaban J connectivity index is 1.62. The summed E-state index contributed by atoms with van der Waals surface area (Å²) >= 11 is 1.33. The molecule has 9 heteroatoms. The number of rotatable bonds is 7. The Morgan fingerprint density at radius 1 is 1.32 bits per heavy atom. The van der Waals surface area contributed by atoms with Gasteiger partial charge in [0.25, 0.3) is 0 Å². The van der Waals surface area contributed by atoms with Crippen molar-refractivity contribution in [3.05, 3.63) is 40.3 Å². The number of carbonyl (C=O) groups is 3. The van der Waals surface area contributed by atoms with Gasteiger partial charge in [-0.05, 0) is 66.2 Å². The van der Waals surface area contributed by atoms with E-state index in [0.29, 0.717) is 12.8 Å². The van der Waals surface area contributed by atoms with Gasteiger partial charge in [-0.25, -0.2) is 0 Å². The minimum absolute atomic E-state index is 0.0620. The largest absolute Gasteiger partial charge is 0.461 e. The molecule has 8 atom stereocenters. The van der Waals surface area contributed by atoms with Gasteiger partial charge in [0.1, 0.15) is 18.2 Å². The molecule has 200 valence electrons. The van der Waals surface area contributed by atoms with Crippen molar-refractivity contribution < 1.29 is 24.2 Å². The van der Waals surface area contributed by atoms with Crippen molar-refractivity contribution in [2.24, 2.45) is 39.1 Å². The van der Waals surface area contributed by atoms with Gasteiger partial charge in [0, 0.05) is 27.6 Å². The van der Waals surface area contributed by atoms with Gasteiger partial charge in [0.2, 0.25) is 0 Å². The van der Waals surface area contributed by atoms with Crippen LogP contribution in [0.15, 0.2) is 34.3 Å². The van der Waals surface area contributed by atoms with Gasteiger partial charge in [0.15, 0.2) is 0 Å². The van der Waals surface area contributed by atoms with Crippen molar-refractivity contribution in [1.82, 2.24) is 0 Å². The van der Waals surface area contributed by atoms with Gasteiger partial charge in [-0.1, -0.05) is 44.9 Å². The number of ketones is 1. The van der Waals surface area contributed by atoms with Crippen LogP contribution in [0.25, 0.3) is 10.4 Å². The quantitative estimate of drug-likeness (QED) is 0.124. The number of hydrogen-bond donors (Lipinski definition) is 1. The molecule has 37 heavy (non-hydrogen) atoms. The molecule has 0 saturated heterocycles. The maximum absolute atomic E-state index is 13.4. The van der Waals surface area contributed by atoms with Crippen LogP contribution in [0, 0.1) is 34.0 Å². The predicted molar refractivity (Wildman–Crippen MR) is 141 cm³/mol. The zero-order valence-electron chi connectivity index (χ0n) is 22.1. The molecule has 0 aliphatic heterocycles. The van der Waals surface area contributed by atoms with Crippen LogP contribution in [0.1, 0.15) is 65.4 Å². The average molecular weight is 528 g/mol. The first-order chi connectivity index (χ1) is 17.5. The molecule has 3 unspecified atom stereocenters. The summed E-state index contributed by atoms with van der Waals surface area (Å²) in [7, 11) is 0. The van der Waals surface area contributed by atoms with Crippen LogP contribution in [-0.4, -0.2) is 41.1 Å². The van der Waals surface area contributed by atoms with Gasteiger partial charge < -0.3 is 14.6 Å². The van der Waals surface area contributed by atoms with Gasteiger partial charge in [-0.15, -0.1) is 11.8 Å². The lowest BCUT2D eigenvalue weighted by Crippen LogP contribution is -2.63. The van der Waals surface area contributed by atoms with Crippen molar-refractivity contribution in [2.75, 3.05) is 5.75 Å². The van der Waals surface area contributed by atoms with Crippen LogP contribution in [-0.2, 0) is 25.7 Å². The summed E-state index contributed by atoms with van der Waals surface area (Å²) in [5.74, 6) is -0.569. The number of esters is 1. The molecule has 1 N–H and O–H groups in total. The molecular formula is C28H37N3O5S. The van der Waals surface area contributed by atoms with Crippen LogP contribution in [0.5, 0.6) is 0 Å². The standard InChI is InChI=1S/C28H37N3O5S/c1-17-8-10-28-11-9-21(33)24(28)27(17,4)22(13-26(3,16-32)25(35)18(28)2)36-23(34)15-37-20-7-5-6-19(12-20)14-30-31-29/h5-7,12,16-18,22,24-25,35H,8-11,13-15H2,1-4H3/t17?,18-,22+,24?,25-,26-,27-,28?/m0/s1. The number of benzene rings is 1. The Labute approximate surface area is 222 Å². The number of Topliss-reactive ketones (excluding diaryl/α,β-unsaturated/α-hetero) is 1. The summed E-state index contributed by atoms with van der Waals surface area (Å²) in [6, 6.07) is 7.46. The zero-order valence-corrected chi connectivity index (χ0v) is 22.9. The van der Waals surface area contributed by atoms with Gasteiger partial charge in [-0.2, -0.15) is 0 Å². The maximum Gasteiger partial charge on any atom is 0.316 e. The minimum atomic E-state index is -1.09. The predicted octanol–water partition coefficient (Wildman–Crippen LogP) is 5.51. The Hall–Kier alpha value is -2.35. The topological polar surface area (TPSA) is 129 Å². The summed E-state index contributed by atoms with van der Waals surface area (Å²) in [5, 5.41) is 15.1. The number of ether oxygens (including phenoxy) is 1. The molecule has 3 saturated carbocycles. The monoisotopic (exact) mass is 527 g/mol. The van der Waals surface area contributed by atoms with E-state index in [1.165, 1.54) is 11.8 Å². The normalized spacial score (nSPS) is 39.1. The van der Waals surface area contributed by atoms with Crippen LogP contribution >= 0.6 is 11.8 Å². The molecular weight excluding hydrogens is 490 g/mol. The number of aliphatic hydroxyl groups excluding tert-OH is 1. The summed E-state index contributed by atoms with van der Waals surface area (Å²) in [6.07, 6.45) is 2.28. The number of nitrogens with zero attached hydrogens (tertiary/aromatic N) is 3. The van der Waals surface area contributed by atoms with E-state index in [4.69, 9.17) is 10.3 Å². The van der Waals surface area contributed by atoms with Crippen LogP contribution in [0.2, 0.25) is 0 Å². The summed E-state index contributed by atoms with van der Waals surface area (Å²) < 4.78 is 6.19. The smallest absolute Gasteiger partial charge is 0.316 e. The lowest BCUT2D eigenvalue weighted by Gasteiger charge is -2.61. The number of thioether (sulfide) groups is 1. The molecule has 0 heterocycles. The first-order valence-electron chi connectivity index (χ1n) is 13.1. The maximum atomic E-state index is 13.4. The van der Waals surface area contributed by atoms with Crippen molar-refractivity contribution in [2.45, 2.75) is 83.4 Å². The third-order valence-corrected chi connectivity index (χ3v) is 10.9. The Kier molecular flexibility index (Phi) is 7.80. The van der Waals surface area contributed by atoms with E-state index >= 15 is 0 Å². The average Bonchev–Trinajstić information content (AvgIpc) is 3.25. The fourth-order valence-corrected chi connectivity index (χ4v) is 8.36. The lowest BCUT2D eigenvalue weighted by atomic mass is 9.44. The van der Waals surface area contributed by atoms with Gasteiger partial charge in [0.05, 0.1) is 23.8 Å². The molecule has 3 aliphatic carbocycles. The van der Waals surface area contributed by atoms with E-state index in [1.807, 2.05) is 31.2 Å². The van der Waals surface area contributed by atoms with E-state index in [2.05, 4.69) is 23.9 Å². The summed E-state index contributed by atoms with van der Waals surface area (Å²) in [4.78, 5) is 42.7. The van der Waals surface area contributed by atoms with Crippen LogP contribution in [0.4, 0.5) is 0 Å². The number of hydrogen-bond acceptors (Lipinski definition) is 7. The summed E-state index contributed by atoms with van der Waals surface area (Å²) in [6.45, 7) is 8.17. The fraction of sp³-hybridized carbons (Fsp3) is 0.679. The number of carbonyl (C=O) groups excluding carboxylic acids is 3. The molecule has 1 aromatic carbocycles. The SMILES string of the molecule is CC1CCC23CCC(=O)C2[C@]1(C)[C@H](OC(=O)CSc1cccc(CN=[N+]=[N-])c1)C[C@@](C)(C=O)[C@@H](O)[C@@H]3C. The van der Waals surface area contributed by atoms with Crippen LogP contribution in [0.3, 0.4) is 0 Å². The van der Waals surface area contributed by atoms with Gasteiger partial charge in [-0.3, -0.25) is 9.59 Å². The van der Waals surface area contributed by atoms with E-state index in [9.17, 15) is 19.5 Å². The minimum Gasteiger partial charge on any atom is -0.461 e. The highest BCUT2D eigenvalue weighted by atomic mass is 32.2. The molecule has 0 aromatic heterocycles. The molecule has 8 nitrogen and oxygen atoms in total. The molecule has 2 bridgehead atoms. The summed E-state index contributed by atoms with van der Waals surface area (Å²) in [5.41, 5.74) is 7.30. The third kappa shape index (κ3) is 4.70. The third-order valence-electron chi connectivity index (χ3n) is 9.95. The van der Waals surface area contributed by atoms with Gasteiger partial charge >= 0.3 is 5.97 Å². The molecule has 0 radical (unpaired) electrons. The Morgan fingerprint density at radius 3 is 2.78 bits per heavy atom. The second-order valence-corrected chi connectivity index (χ2v) is 12.9. The van der Waals surface area contributed by atoms with E-state index in [1.54, 1.807) is 6.92 Å². The highest BCUT2D eigenvalue weighted by molar-refractivity contribution is 8.00. The molecule has 3 aliphatic rings. The van der Waals surface area contributed by atoms with Crippen molar-refractivity contribution in [3.63, 3.8) is 0 Å². The first-order valence-corrected chi connectivity index (χ1v) is 14.1. The zero-order chi connectivity index (χ0) is 27.0. The number of aliphatic hydroxyl groups is 1. The lowest BCUT2D eigenvalue weighted by molar-refractivity contribution is -0.208. The Bertz CT molecular complexity index is 1120. The highest BCUT2D eigenvalue weighted by Crippen LogP contribution is 2.67. The van der Waals surface area contributed by atoms with Crippen molar-refractivity contribution >= 4 is 29.8 Å². The highest BCUT2D eigenvalue weighted by Gasteiger charge is 2.68. The van der Waals surface area contributed by atoms with E-state index in [-0.39, 0.29) is 42.3 Å².